The fraction of sp³-hybridized carbons (Fsp3) is 0.333. The molecular formula is C39H38FNO5. The van der Waals surface area contributed by atoms with E-state index in [4.69, 9.17) is 18.9 Å². The molecule has 0 radical (unpaired) electrons. The van der Waals surface area contributed by atoms with Gasteiger partial charge in [-0.1, -0.05) is 54.6 Å². The second-order valence-electron chi connectivity index (χ2n) is 12.9. The van der Waals surface area contributed by atoms with E-state index in [1.54, 1.807) is 6.07 Å². The molecule has 0 saturated carbocycles. The van der Waals surface area contributed by atoms with Gasteiger partial charge in [0.25, 0.3) is 0 Å². The third-order valence-corrected chi connectivity index (χ3v) is 9.13. The van der Waals surface area contributed by atoms with Gasteiger partial charge < -0.3 is 18.9 Å². The molecule has 6 nitrogen and oxygen atoms in total. The van der Waals surface area contributed by atoms with Crippen molar-refractivity contribution in [2.24, 2.45) is 5.41 Å². The van der Waals surface area contributed by atoms with Gasteiger partial charge in [0.2, 0.25) is 0 Å². The number of nitrogens with zero attached hydrogens (tertiary/aromatic N) is 1. The van der Waals surface area contributed by atoms with E-state index in [0.717, 1.165) is 33.4 Å². The molecule has 1 unspecified atom stereocenters. The minimum absolute atomic E-state index is 0.102. The lowest BCUT2D eigenvalue weighted by atomic mass is 9.90. The highest BCUT2D eigenvalue weighted by Gasteiger charge is 2.42. The van der Waals surface area contributed by atoms with Crippen LogP contribution in [0, 0.1) is 36.4 Å². The van der Waals surface area contributed by atoms with Gasteiger partial charge in [0, 0.05) is 40.2 Å². The Labute approximate surface area is 269 Å². The van der Waals surface area contributed by atoms with Crippen molar-refractivity contribution < 1.29 is 28.1 Å². The molecule has 0 fully saturated rings. The zero-order chi connectivity index (χ0) is 32.6. The van der Waals surface area contributed by atoms with E-state index < -0.39 is 11.5 Å². The van der Waals surface area contributed by atoms with Crippen molar-refractivity contribution in [1.82, 2.24) is 0 Å². The van der Waals surface area contributed by atoms with Crippen molar-refractivity contribution in [3.05, 3.63) is 112 Å². The summed E-state index contributed by atoms with van der Waals surface area (Å²) in [5.41, 5.74) is 5.70. The van der Waals surface area contributed by atoms with E-state index in [1.807, 2.05) is 75.4 Å². The van der Waals surface area contributed by atoms with E-state index in [2.05, 4.69) is 25.1 Å². The summed E-state index contributed by atoms with van der Waals surface area (Å²) >= 11 is 0. The molecule has 0 amide bonds. The second kappa shape index (κ2) is 12.5. The number of benzene rings is 4. The lowest BCUT2D eigenvalue weighted by molar-refractivity contribution is -0.141. The van der Waals surface area contributed by atoms with E-state index >= 15 is 4.39 Å². The van der Waals surface area contributed by atoms with Crippen molar-refractivity contribution in [2.45, 2.75) is 58.5 Å². The first-order chi connectivity index (χ1) is 22.1. The van der Waals surface area contributed by atoms with Gasteiger partial charge in [-0.15, -0.1) is 0 Å². The van der Waals surface area contributed by atoms with Gasteiger partial charge in [-0.3, -0.25) is 4.79 Å². The molecule has 0 spiro atoms. The molecule has 236 valence electrons. The molecule has 3 atom stereocenters. The number of esters is 1. The summed E-state index contributed by atoms with van der Waals surface area (Å²) in [6.45, 7) is 8.20. The molecule has 0 N–H and O–H groups in total. The Morgan fingerprint density at radius 1 is 1.00 bits per heavy atom. The molecule has 1 heterocycles. The third-order valence-electron chi connectivity index (χ3n) is 9.13. The summed E-state index contributed by atoms with van der Waals surface area (Å²) in [5.74, 6) is 0.817. The van der Waals surface area contributed by atoms with Crippen LogP contribution in [0.1, 0.15) is 71.6 Å². The van der Waals surface area contributed by atoms with Crippen LogP contribution >= 0.6 is 0 Å². The highest BCUT2D eigenvalue weighted by atomic mass is 19.1. The van der Waals surface area contributed by atoms with Crippen LogP contribution in [-0.2, 0) is 16.0 Å². The summed E-state index contributed by atoms with van der Waals surface area (Å²) in [4.78, 5) is 12.0. The smallest absolute Gasteiger partial charge is 0.306 e. The molecule has 4 aromatic carbocycles. The normalized spacial score (nSPS) is 18.2. The number of aryl methyl sites for hydroxylation is 2. The summed E-state index contributed by atoms with van der Waals surface area (Å²) in [7, 11) is 1.38. The monoisotopic (exact) mass is 619 g/mol. The van der Waals surface area contributed by atoms with E-state index in [1.165, 1.54) is 7.11 Å². The number of methoxy groups -OCH3 is 1. The second-order valence-corrected chi connectivity index (χ2v) is 12.9. The predicted molar refractivity (Wildman–Crippen MR) is 174 cm³/mol. The number of ether oxygens (including phenoxy) is 4. The van der Waals surface area contributed by atoms with E-state index in [0.29, 0.717) is 41.4 Å². The molecule has 6 rings (SSSR count). The maximum absolute atomic E-state index is 17.1. The Balaban J connectivity index is 1.47. The van der Waals surface area contributed by atoms with Gasteiger partial charge in [0.05, 0.1) is 31.6 Å². The molecule has 1 aliphatic carbocycles. The molecule has 0 bridgehead atoms. The van der Waals surface area contributed by atoms with Crippen molar-refractivity contribution in [1.29, 1.82) is 5.26 Å². The molecule has 0 saturated heterocycles. The standard InChI is InChI=1S/C39H38FNO5/c1-23-10-6-8-12-27(23)30-19-34(45-22-39(3,4)21-41)32-18-31(28-13-9-7-11-24(28)2)38(36(32)37(30)40)46-26-14-15-29-25(16-35(42)43-5)20-44-33(29)17-26/h6-15,17,19,25,31,38H,16,18,20,22H2,1-5H3/t25-,31?,38-/m1/s1. The lowest BCUT2D eigenvalue weighted by Gasteiger charge is -2.25. The number of carbonyl (C=O) groups excluding carboxylic acids is 1. The third kappa shape index (κ3) is 5.92. The number of hydrogen-bond donors (Lipinski definition) is 0. The molecular weight excluding hydrogens is 581 g/mol. The number of rotatable bonds is 9. The fourth-order valence-electron chi connectivity index (χ4n) is 6.56. The highest BCUT2D eigenvalue weighted by molar-refractivity contribution is 5.73. The summed E-state index contributed by atoms with van der Waals surface area (Å²) < 4.78 is 41.1. The van der Waals surface area contributed by atoms with E-state index in [9.17, 15) is 10.1 Å². The minimum Gasteiger partial charge on any atom is -0.492 e. The number of carbonyl (C=O) groups is 1. The number of hydrogen-bond acceptors (Lipinski definition) is 6. The lowest BCUT2D eigenvalue weighted by Crippen LogP contribution is -2.19. The van der Waals surface area contributed by atoms with Gasteiger partial charge in [0.15, 0.2) is 0 Å². The van der Waals surface area contributed by atoms with Gasteiger partial charge in [-0.25, -0.2) is 4.39 Å². The first-order valence-electron chi connectivity index (χ1n) is 15.6. The maximum Gasteiger partial charge on any atom is 0.306 e. The van der Waals surface area contributed by atoms with Gasteiger partial charge in [-0.2, -0.15) is 5.26 Å². The molecule has 0 aromatic heterocycles. The Hall–Kier alpha value is -4.83. The van der Waals surface area contributed by atoms with Gasteiger partial charge >= 0.3 is 5.97 Å². The first-order valence-corrected chi connectivity index (χ1v) is 15.6. The van der Waals surface area contributed by atoms with Crippen LogP contribution in [0.3, 0.4) is 0 Å². The fourth-order valence-corrected chi connectivity index (χ4v) is 6.56. The predicted octanol–water partition coefficient (Wildman–Crippen LogP) is 8.54. The number of fused-ring (bicyclic) bond motifs is 2. The number of halogens is 1. The molecule has 2 aliphatic rings. The molecule has 1 aliphatic heterocycles. The van der Waals surface area contributed by atoms with Crippen LogP contribution in [0.25, 0.3) is 11.1 Å². The van der Waals surface area contributed by atoms with Crippen LogP contribution in [0.4, 0.5) is 4.39 Å². The Morgan fingerprint density at radius 2 is 1.74 bits per heavy atom. The van der Waals surface area contributed by atoms with Gasteiger partial charge in [0.1, 0.15) is 35.8 Å². The van der Waals surface area contributed by atoms with Crippen LogP contribution in [-0.4, -0.2) is 26.3 Å². The van der Waals surface area contributed by atoms with Gasteiger partial charge in [-0.05, 0) is 68.5 Å². The van der Waals surface area contributed by atoms with Crippen molar-refractivity contribution in [3.63, 3.8) is 0 Å². The highest BCUT2D eigenvalue weighted by Crippen LogP contribution is 2.52. The van der Waals surface area contributed by atoms with Crippen LogP contribution in [0.15, 0.2) is 72.8 Å². The summed E-state index contributed by atoms with van der Waals surface area (Å²) in [6.07, 6.45) is 0.0606. The zero-order valence-electron chi connectivity index (χ0n) is 26.9. The minimum atomic E-state index is -0.732. The Morgan fingerprint density at radius 3 is 2.46 bits per heavy atom. The van der Waals surface area contributed by atoms with Crippen LogP contribution in [0.2, 0.25) is 0 Å². The largest absolute Gasteiger partial charge is 0.492 e. The van der Waals surface area contributed by atoms with Crippen LogP contribution < -0.4 is 14.2 Å². The van der Waals surface area contributed by atoms with Crippen molar-refractivity contribution >= 4 is 5.97 Å². The Bertz CT molecular complexity index is 1840. The van der Waals surface area contributed by atoms with Crippen molar-refractivity contribution in [3.8, 4) is 34.4 Å². The summed E-state index contributed by atoms with van der Waals surface area (Å²) in [5, 5.41) is 9.70. The average Bonchev–Trinajstić information content (AvgIpc) is 3.62. The first kappa shape index (κ1) is 31.2. The summed E-state index contributed by atoms with van der Waals surface area (Å²) in [6, 6.07) is 25.5. The average molecular weight is 620 g/mol. The Kier molecular flexibility index (Phi) is 8.48. The topological polar surface area (TPSA) is 77.8 Å². The SMILES string of the molecule is COC(=O)C[C@@H]1COc2cc(O[C@H]3c4c(F)c(-c5ccccc5C)cc(OCC(C)(C)C#N)c4CC3c3ccccc3C)ccc21. The molecule has 4 aromatic rings. The zero-order valence-corrected chi connectivity index (χ0v) is 26.9. The van der Waals surface area contributed by atoms with Crippen LogP contribution in [0.5, 0.6) is 17.2 Å². The maximum atomic E-state index is 17.1. The quantitative estimate of drug-likeness (QED) is 0.175. The van der Waals surface area contributed by atoms with E-state index in [-0.39, 0.29) is 36.7 Å². The number of nitriles is 1. The molecule has 46 heavy (non-hydrogen) atoms. The van der Waals surface area contributed by atoms with Crippen molar-refractivity contribution in [2.75, 3.05) is 20.3 Å². The molecule has 7 heteroatoms.